The van der Waals surface area contributed by atoms with Crippen molar-refractivity contribution in [2.24, 2.45) is 0 Å². The first-order valence-corrected chi connectivity index (χ1v) is 7.87. The lowest BCUT2D eigenvalue weighted by Gasteiger charge is -2.21. The van der Waals surface area contributed by atoms with Crippen molar-refractivity contribution in [3.8, 4) is 0 Å². The third-order valence-corrected chi connectivity index (χ3v) is 3.63. The van der Waals surface area contributed by atoms with E-state index in [4.69, 9.17) is 5.73 Å². The number of nitrogen functional groups attached to an aromatic ring is 1. The summed E-state index contributed by atoms with van der Waals surface area (Å²) >= 11 is 0. The van der Waals surface area contributed by atoms with Gasteiger partial charge in [0, 0.05) is 31.5 Å². The van der Waals surface area contributed by atoms with E-state index in [1.165, 1.54) is 0 Å². The molecule has 118 valence electrons. The van der Waals surface area contributed by atoms with Crippen molar-refractivity contribution < 1.29 is 4.79 Å². The first kappa shape index (κ1) is 17.3. The van der Waals surface area contributed by atoms with Gasteiger partial charge in [-0.15, -0.1) is 0 Å². The van der Waals surface area contributed by atoms with Crippen LogP contribution in [-0.2, 0) is 0 Å². The summed E-state index contributed by atoms with van der Waals surface area (Å²) in [6.45, 7) is 4.32. The van der Waals surface area contributed by atoms with Gasteiger partial charge in [0.1, 0.15) is 0 Å². The Morgan fingerprint density at radius 1 is 1.24 bits per heavy atom. The van der Waals surface area contributed by atoms with Crippen molar-refractivity contribution in [3.63, 3.8) is 0 Å². The molecule has 21 heavy (non-hydrogen) atoms. The van der Waals surface area contributed by atoms with Gasteiger partial charge in [0.15, 0.2) is 0 Å². The lowest BCUT2D eigenvalue weighted by Crippen LogP contribution is -2.35. The molecule has 1 rings (SSSR count). The Labute approximate surface area is 128 Å². The molecular weight excluding hydrogens is 262 g/mol. The van der Waals surface area contributed by atoms with Crippen LogP contribution in [0.4, 0.5) is 11.4 Å². The molecule has 0 saturated heterocycles. The van der Waals surface area contributed by atoms with Crippen LogP contribution in [0.3, 0.4) is 0 Å². The van der Waals surface area contributed by atoms with E-state index in [-0.39, 0.29) is 11.9 Å². The minimum absolute atomic E-state index is 0.0273. The molecule has 1 amide bonds. The summed E-state index contributed by atoms with van der Waals surface area (Å²) in [7, 11) is 3.87. The maximum absolute atomic E-state index is 12.6. The normalized spacial score (nSPS) is 12.0. The van der Waals surface area contributed by atoms with Crippen molar-refractivity contribution in [2.75, 3.05) is 24.7 Å². The largest absolute Gasteiger partial charge is 0.399 e. The molecule has 4 heteroatoms. The number of unbranched alkanes of at least 4 members (excludes halogenated alkanes) is 1. The van der Waals surface area contributed by atoms with Crippen LogP contribution in [0.2, 0.25) is 0 Å². The molecule has 0 saturated carbocycles. The highest BCUT2D eigenvalue weighted by Gasteiger charge is 2.17. The molecule has 0 spiro atoms. The zero-order chi connectivity index (χ0) is 15.8. The number of nitrogens with one attached hydrogen (secondary N) is 1. The van der Waals surface area contributed by atoms with Gasteiger partial charge >= 0.3 is 0 Å². The molecule has 0 aliphatic rings. The summed E-state index contributed by atoms with van der Waals surface area (Å²) in [6.07, 6.45) is 5.42. The van der Waals surface area contributed by atoms with Gasteiger partial charge in [-0.05, 0) is 31.0 Å². The maximum atomic E-state index is 12.6. The first-order valence-electron chi connectivity index (χ1n) is 7.87. The predicted molar refractivity (Wildman–Crippen MR) is 90.9 cm³/mol. The standard InChI is InChI=1S/C17H29N3O/c1-5-7-9-14(8-6-2)19-17(21)15-12-13(18)10-11-16(15)20(3)4/h10-12,14H,5-9,18H2,1-4H3,(H,19,21). The number of nitrogens with two attached hydrogens (primary N) is 1. The fraction of sp³-hybridized carbons (Fsp3) is 0.588. The van der Waals surface area contributed by atoms with E-state index in [0.717, 1.165) is 37.8 Å². The van der Waals surface area contributed by atoms with Crippen LogP contribution in [0.1, 0.15) is 56.3 Å². The van der Waals surface area contributed by atoms with Crippen LogP contribution >= 0.6 is 0 Å². The Hall–Kier alpha value is -1.71. The average molecular weight is 291 g/mol. The van der Waals surface area contributed by atoms with Gasteiger partial charge in [-0.1, -0.05) is 33.1 Å². The Balaban J connectivity index is 2.88. The molecule has 0 bridgehead atoms. The molecule has 0 aromatic heterocycles. The number of hydrogen-bond donors (Lipinski definition) is 2. The third-order valence-electron chi connectivity index (χ3n) is 3.63. The maximum Gasteiger partial charge on any atom is 0.253 e. The number of benzene rings is 1. The second-order valence-electron chi connectivity index (χ2n) is 5.77. The first-order chi connectivity index (χ1) is 9.99. The Bertz CT molecular complexity index is 457. The van der Waals surface area contributed by atoms with Gasteiger partial charge in [0.05, 0.1) is 5.56 Å². The van der Waals surface area contributed by atoms with Crippen LogP contribution in [0.25, 0.3) is 0 Å². The molecule has 0 heterocycles. The van der Waals surface area contributed by atoms with Crippen molar-refractivity contribution >= 4 is 17.3 Å². The molecule has 1 atom stereocenters. The van der Waals surface area contributed by atoms with E-state index < -0.39 is 0 Å². The molecule has 1 unspecified atom stereocenters. The second-order valence-corrected chi connectivity index (χ2v) is 5.77. The lowest BCUT2D eigenvalue weighted by molar-refractivity contribution is 0.0932. The van der Waals surface area contributed by atoms with Crippen molar-refractivity contribution in [2.45, 2.75) is 52.0 Å². The van der Waals surface area contributed by atoms with Crippen LogP contribution < -0.4 is 16.0 Å². The summed E-state index contributed by atoms with van der Waals surface area (Å²) < 4.78 is 0. The molecule has 4 nitrogen and oxygen atoms in total. The van der Waals surface area contributed by atoms with E-state index in [9.17, 15) is 4.79 Å². The highest BCUT2D eigenvalue weighted by molar-refractivity contribution is 6.00. The van der Waals surface area contributed by atoms with Gasteiger partial charge in [-0.25, -0.2) is 0 Å². The number of rotatable bonds is 8. The van der Waals surface area contributed by atoms with E-state index in [1.54, 1.807) is 6.07 Å². The molecule has 1 aromatic carbocycles. The highest BCUT2D eigenvalue weighted by Crippen LogP contribution is 2.22. The summed E-state index contributed by atoms with van der Waals surface area (Å²) in [5.74, 6) is -0.0273. The minimum Gasteiger partial charge on any atom is -0.399 e. The molecule has 3 N–H and O–H groups in total. The molecule has 0 fully saturated rings. The van der Waals surface area contributed by atoms with Crippen LogP contribution in [-0.4, -0.2) is 26.0 Å². The Morgan fingerprint density at radius 3 is 2.52 bits per heavy atom. The Kier molecular flexibility index (Phi) is 7.06. The Morgan fingerprint density at radius 2 is 1.95 bits per heavy atom. The van der Waals surface area contributed by atoms with E-state index in [0.29, 0.717) is 11.3 Å². The number of anilines is 2. The minimum atomic E-state index is -0.0273. The monoisotopic (exact) mass is 291 g/mol. The molecule has 0 aliphatic carbocycles. The fourth-order valence-corrected chi connectivity index (χ4v) is 2.48. The topological polar surface area (TPSA) is 58.4 Å². The number of carbonyl (C=O) groups excluding carboxylic acids is 1. The third kappa shape index (κ3) is 5.29. The van der Waals surface area contributed by atoms with E-state index in [1.807, 2.05) is 31.1 Å². The zero-order valence-corrected chi connectivity index (χ0v) is 13.8. The highest BCUT2D eigenvalue weighted by atomic mass is 16.1. The van der Waals surface area contributed by atoms with Gasteiger partial charge in [-0.3, -0.25) is 4.79 Å². The average Bonchev–Trinajstić information content (AvgIpc) is 2.44. The molecular formula is C17H29N3O. The molecule has 0 aliphatic heterocycles. The van der Waals surface area contributed by atoms with Crippen molar-refractivity contribution in [3.05, 3.63) is 23.8 Å². The fourth-order valence-electron chi connectivity index (χ4n) is 2.48. The van der Waals surface area contributed by atoms with Crippen LogP contribution in [0.15, 0.2) is 18.2 Å². The summed E-state index contributed by atoms with van der Waals surface area (Å²) in [4.78, 5) is 14.5. The summed E-state index contributed by atoms with van der Waals surface area (Å²) in [5, 5.41) is 3.17. The second kappa shape index (κ2) is 8.55. The number of amides is 1. The predicted octanol–water partition coefficient (Wildman–Crippen LogP) is 3.42. The van der Waals surface area contributed by atoms with Gasteiger partial charge in [0.2, 0.25) is 0 Å². The summed E-state index contributed by atoms with van der Waals surface area (Å²) in [6, 6.07) is 5.73. The molecule has 1 aromatic rings. The zero-order valence-electron chi connectivity index (χ0n) is 13.8. The SMILES string of the molecule is CCCCC(CCC)NC(=O)c1cc(N)ccc1N(C)C. The summed E-state index contributed by atoms with van der Waals surface area (Å²) in [5.41, 5.74) is 8.00. The van der Waals surface area contributed by atoms with Crippen molar-refractivity contribution in [1.29, 1.82) is 0 Å². The van der Waals surface area contributed by atoms with Crippen molar-refractivity contribution in [1.82, 2.24) is 5.32 Å². The number of nitrogens with zero attached hydrogens (tertiary/aromatic N) is 1. The van der Waals surface area contributed by atoms with E-state index in [2.05, 4.69) is 19.2 Å². The number of hydrogen-bond acceptors (Lipinski definition) is 3. The van der Waals surface area contributed by atoms with Gasteiger partial charge < -0.3 is 16.0 Å². The van der Waals surface area contributed by atoms with Crippen LogP contribution in [0, 0.1) is 0 Å². The van der Waals surface area contributed by atoms with E-state index >= 15 is 0 Å². The quantitative estimate of drug-likeness (QED) is 0.721. The lowest BCUT2D eigenvalue weighted by atomic mass is 10.0. The van der Waals surface area contributed by atoms with Gasteiger partial charge in [-0.2, -0.15) is 0 Å². The number of carbonyl (C=O) groups is 1. The smallest absolute Gasteiger partial charge is 0.253 e. The van der Waals surface area contributed by atoms with Crippen LogP contribution in [0.5, 0.6) is 0 Å². The van der Waals surface area contributed by atoms with Gasteiger partial charge in [0.25, 0.3) is 5.91 Å². The molecule has 0 radical (unpaired) electrons.